The Balaban J connectivity index is 1.78. The summed E-state index contributed by atoms with van der Waals surface area (Å²) in [6.07, 6.45) is 1.01. The summed E-state index contributed by atoms with van der Waals surface area (Å²) in [5.41, 5.74) is 4.63. The van der Waals surface area contributed by atoms with Crippen LogP contribution in [-0.4, -0.2) is 44.8 Å². The quantitative estimate of drug-likeness (QED) is 0.861. The number of nitrogens with one attached hydrogen (secondary N) is 2. The lowest BCUT2D eigenvalue weighted by Gasteiger charge is -2.19. The Labute approximate surface area is 132 Å². The number of amides is 1. The maximum atomic E-state index is 12.5. The molecule has 0 bridgehead atoms. The second kappa shape index (κ2) is 6.67. The van der Waals surface area contributed by atoms with E-state index in [0.717, 1.165) is 38.2 Å². The summed E-state index contributed by atoms with van der Waals surface area (Å²) in [6, 6.07) is 4.07. The Morgan fingerprint density at radius 3 is 3.14 bits per heavy atom. The van der Waals surface area contributed by atoms with E-state index >= 15 is 0 Å². The number of carbonyl (C=O) groups is 1. The van der Waals surface area contributed by atoms with Gasteiger partial charge in [-0.3, -0.25) is 4.79 Å². The third kappa shape index (κ3) is 2.96. The van der Waals surface area contributed by atoms with Gasteiger partial charge in [-0.2, -0.15) is 0 Å². The zero-order valence-electron chi connectivity index (χ0n) is 13.4. The predicted molar refractivity (Wildman–Crippen MR) is 87.5 cm³/mol. The van der Waals surface area contributed by atoms with E-state index in [2.05, 4.69) is 21.6 Å². The van der Waals surface area contributed by atoms with Gasteiger partial charge in [0, 0.05) is 50.6 Å². The van der Waals surface area contributed by atoms with Crippen molar-refractivity contribution in [1.82, 2.24) is 10.6 Å². The molecule has 5 heteroatoms. The molecule has 5 nitrogen and oxygen atoms in total. The molecule has 1 aromatic carbocycles. The van der Waals surface area contributed by atoms with Crippen LogP contribution in [0.1, 0.15) is 35.3 Å². The summed E-state index contributed by atoms with van der Waals surface area (Å²) in [5, 5.41) is 6.44. The molecule has 2 heterocycles. The van der Waals surface area contributed by atoms with Gasteiger partial charge in [0.25, 0.3) is 5.91 Å². The van der Waals surface area contributed by atoms with E-state index in [-0.39, 0.29) is 12.0 Å². The van der Waals surface area contributed by atoms with Crippen molar-refractivity contribution in [1.29, 1.82) is 0 Å². The number of anilines is 1. The highest BCUT2D eigenvalue weighted by molar-refractivity contribution is 5.98. The molecule has 0 aliphatic carbocycles. The van der Waals surface area contributed by atoms with Crippen LogP contribution in [0.5, 0.6) is 0 Å². The van der Waals surface area contributed by atoms with Crippen molar-refractivity contribution in [3.63, 3.8) is 0 Å². The first-order valence-electron chi connectivity index (χ1n) is 8.21. The number of hydrogen-bond acceptors (Lipinski definition) is 4. The molecular weight excluding hydrogens is 278 g/mol. The monoisotopic (exact) mass is 303 g/mol. The van der Waals surface area contributed by atoms with Crippen molar-refractivity contribution in [2.45, 2.75) is 32.9 Å². The highest BCUT2D eigenvalue weighted by Gasteiger charge is 2.28. The van der Waals surface area contributed by atoms with Crippen LogP contribution in [0.15, 0.2) is 12.1 Å². The number of ether oxygens (including phenoxy) is 1. The van der Waals surface area contributed by atoms with Gasteiger partial charge in [0.05, 0.1) is 6.10 Å². The largest absolute Gasteiger partial charge is 0.377 e. The summed E-state index contributed by atoms with van der Waals surface area (Å²) in [6.45, 7) is 9.10. The Morgan fingerprint density at radius 1 is 1.45 bits per heavy atom. The molecule has 2 aliphatic rings. The SMILES string of the molecule is CCOC(C)CNC(=O)c1ccc2c3c1CCN3CCNC2. The van der Waals surface area contributed by atoms with Crippen LogP contribution in [0, 0.1) is 0 Å². The van der Waals surface area contributed by atoms with E-state index in [1.165, 1.54) is 16.8 Å². The van der Waals surface area contributed by atoms with Crippen LogP contribution < -0.4 is 15.5 Å². The second-order valence-electron chi connectivity index (χ2n) is 5.99. The van der Waals surface area contributed by atoms with Crippen molar-refractivity contribution in [2.75, 3.05) is 37.7 Å². The summed E-state index contributed by atoms with van der Waals surface area (Å²) in [7, 11) is 0. The summed E-state index contributed by atoms with van der Waals surface area (Å²) >= 11 is 0. The van der Waals surface area contributed by atoms with Crippen molar-refractivity contribution >= 4 is 11.6 Å². The Morgan fingerprint density at radius 2 is 2.32 bits per heavy atom. The molecule has 0 aromatic heterocycles. The van der Waals surface area contributed by atoms with Crippen LogP contribution in [-0.2, 0) is 17.7 Å². The second-order valence-corrected chi connectivity index (χ2v) is 5.99. The lowest BCUT2D eigenvalue weighted by Crippen LogP contribution is -2.32. The molecule has 1 unspecified atom stereocenters. The van der Waals surface area contributed by atoms with E-state index in [4.69, 9.17) is 4.74 Å². The maximum absolute atomic E-state index is 12.5. The Kier molecular flexibility index (Phi) is 4.64. The van der Waals surface area contributed by atoms with Gasteiger partial charge in [-0.1, -0.05) is 6.07 Å². The first-order valence-corrected chi connectivity index (χ1v) is 8.21. The molecule has 0 fully saturated rings. The minimum absolute atomic E-state index is 0.0170. The molecule has 120 valence electrons. The third-order valence-corrected chi connectivity index (χ3v) is 4.43. The fourth-order valence-corrected chi connectivity index (χ4v) is 3.38. The van der Waals surface area contributed by atoms with Crippen LogP contribution in [0.3, 0.4) is 0 Å². The van der Waals surface area contributed by atoms with E-state index < -0.39 is 0 Å². The van der Waals surface area contributed by atoms with Gasteiger partial charge in [0.1, 0.15) is 0 Å². The first-order chi connectivity index (χ1) is 10.7. The van der Waals surface area contributed by atoms with E-state index in [0.29, 0.717) is 13.2 Å². The predicted octanol–water partition coefficient (Wildman–Crippen LogP) is 1.31. The van der Waals surface area contributed by atoms with Crippen molar-refractivity contribution in [3.8, 4) is 0 Å². The van der Waals surface area contributed by atoms with Gasteiger partial charge < -0.3 is 20.3 Å². The molecule has 1 atom stereocenters. The number of benzene rings is 1. The minimum Gasteiger partial charge on any atom is -0.377 e. The fraction of sp³-hybridized carbons (Fsp3) is 0.588. The standard InChI is InChI=1S/C17H25N3O2/c1-3-22-12(2)10-19-17(21)15-5-4-13-11-18-7-9-20-8-6-14(15)16(13)20/h4-5,12,18H,3,6-11H2,1-2H3,(H,19,21). The summed E-state index contributed by atoms with van der Waals surface area (Å²) in [4.78, 5) is 14.9. The molecule has 0 spiro atoms. The minimum atomic E-state index is 0.0170. The van der Waals surface area contributed by atoms with Gasteiger partial charge in [-0.05, 0) is 37.5 Å². The number of rotatable bonds is 5. The van der Waals surface area contributed by atoms with Crippen molar-refractivity contribution in [3.05, 3.63) is 28.8 Å². The van der Waals surface area contributed by atoms with E-state index in [9.17, 15) is 4.79 Å². The number of hydrogen-bond donors (Lipinski definition) is 2. The van der Waals surface area contributed by atoms with Crippen molar-refractivity contribution in [2.24, 2.45) is 0 Å². The highest BCUT2D eigenvalue weighted by atomic mass is 16.5. The molecule has 0 saturated heterocycles. The fourth-order valence-electron chi connectivity index (χ4n) is 3.38. The van der Waals surface area contributed by atoms with Gasteiger partial charge in [0.2, 0.25) is 0 Å². The number of carbonyl (C=O) groups excluding carboxylic acids is 1. The third-order valence-electron chi connectivity index (χ3n) is 4.43. The zero-order valence-corrected chi connectivity index (χ0v) is 13.4. The topological polar surface area (TPSA) is 53.6 Å². The van der Waals surface area contributed by atoms with Gasteiger partial charge >= 0.3 is 0 Å². The van der Waals surface area contributed by atoms with E-state index in [1.807, 2.05) is 19.9 Å². The lowest BCUT2D eigenvalue weighted by molar-refractivity contribution is 0.0695. The lowest BCUT2D eigenvalue weighted by atomic mass is 10.00. The van der Waals surface area contributed by atoms with Gasteiger partial charge in [0.15, 0.2) is 0 Å². The summed E-state index contributed by atoms with van der Waals surface area (Å²) < 4.78 is 5.47. The molecule has 1 aromatic rings. The van der Waals surface area contributed by atoms with Crippen LogP contribution >= 0.6 is 0 Å². The molecule has 1 amide bonds. The van der Waals surface area contributed by atoms with Crippen LogP contribution in [0.4, 0.5) is 5.69 Å². The molecule has 2 aliphatic heterocycles. The molecule has 0 saturated carbocycles. The van der Waals surface area contributed by atoms with Gasteiger partial charge in [-0.15, -0.1) is 0 Å². The smallest absolute Gasteiger partial charge is 0.251 e. The highest BCUT2D eigenvalue weighted by Crippen LogP contribution is 2.35. The van der Waals surface area contributed by atoms with Crippen molar-refractivity contribution < 1.29 is 9.53 Å². The normalized spacial score (nSPS) is 17.8. The molecular formula is C17H25N3O2. The molecule has 2 N–H and O–H groups in total. The molecule has 0 radical (unpaired) electrons. The van der Waals surface area contributed by atoms with E-state index in [1.54, 1.807) is 0 Å². The average Bonchev–Trinajstić information content (AvgIpc) is 2.82. The average molecular weight is 303 g/mol. The summed E-state index contributed by atoms with van der Waals surface area (Å²) in [5.74, 6) is 0.0170. The zero-order chi connectivity index (χ0) is 15.5. The van der Waals surface area contributed by atoms with Crippen LogP contribution in [0.2, 0.25) is 0 Å². The maximum Gasteiger partial charge on any atom is 0.251 e. The first kappa shape index (κ1) is 15.3. The molecule has 22 heavy (non-hydrogen) atoms. The van der Waals surface area contributed by atoms with Crippen LogP contribution in [0.25, 0.3) is 0 Å². The Bertz CT molecular complexity index is 559. The van der Waals surface area contributed by atoms with Gasteiger partial charge in [-0.25, -0.2) is 0 Å². The number of nitrogens with zero attached hydrogens (tertiary/aromatic N) is 1. The molecule has 3 rings (SSSR count). The Hall–Kier alpha value is -1.59.